The molecule has 0 aliphatic heterocycles. The molecule has 4 nitrogen and oxygen atoms in total. The molecular weight excluding hydrogens is 216 g/mol. The molecule has 0 bridgehead atoms. The second-order valence-electron chi connectivity index (χ2n) is 3.94. The summed E-state index contributed by atoms with van der Waals surface area (Å²) in [5.74, 6) is -0.202. The summed E-state index contributed by atoms with van der Waals surface area (Å²) >= 11 is 0. The third-order valence-electron chi connectivity index (χ3n) is 2.44. The Hall–Kier alpha value is -1.42. The maximum absolute atomic E-state index is 11.3. The molecule has 0 saturated carbocycles. The smallest absolute Gasteiger partial charge is 0.319 e. The van der Waals surface area contributed by atoms with Gasteiger partial charge in [0.15, 0.2) is 0 Å². The van der Waals surface area contributed by atoms with Gasteiger partial charge in [-0.1, -0.05) is 19.4 Å². The fourth-order valence-corrected chi connectivity index (χ4v) is 1.37. The molecule has 0 aliphatic rings. The molecule has 0 unspecified atom stereocenters. The normalized spacial score (nSPS) is 10.2. The number of ether oxygens (including phenoxy) is 1. The summed E-state index contributed by atoms with van der Waals surface area (Å²) in [5.41, 5.74) is 2.09. The van der Waals surface area contributed by atoms with E-state index in [2.05, 4.69) is 17.2 Å². The molecular formula is C13H20N2O2. The van der Waals surface area contributed by atoms with E-state index in [9.17, 15) is 4.79 Å². The van der Waals surface area contributed by atoms with E-state index in [0.29, 0.717) is 13.2 Å². The second kappa shape index (κ2) is 7.79. The van der Waals surface area contributed by atoms with Crippen molar-refractivity contribution in [3.05, 3.63) is 29.6 Å². The molecule has 0 radical (unpaired) electrons. The van der Waals surface area contributed by atoms with E-state index in [0.717, 1.165) is 24.1 Å². The van der Waals surface area contributed by atoms with Crippen LogP contribution in [0.4, 0.5) is 0 Å². The van der Waals surface area contributed by atoms with Crippen LogP contribution in [0.1, 0.15) is 31.0 Å². The monoisotopic (exact) mass is 236 g/mol. The van der Waals surface area contributed by atoms with Crippen LogP contribution >= 0.6 is 0 Å². The molecule has 1 heterocycles. The average molecular weight is 236 g/mol. The van der Waals surface area contributed by atoms with Crippen LogP contribution in [0.3, 0.4) is 0 Å². The van der Waals surface area contributed by atoms with Crippen LogP contribution in [-0.2, 0) is 16.1 Å². The summed E-state index contributed by atoms with van der Waals surface area (Å²) in [5, 5.41) is 3.03. The van der Waals surface area contributed by atoms with Gasteiger partial charge in [-0.15, -0.1) is 0 Å². The number of carbonyl (C=O) groups excluding carboxylic acids is 1. The van der Waals surface area contributed by atoms with Crippen LogP contribution in [-0.4, -0.2) is 24.1 Å². The quantitative estimate of drug-likeness (QED) is 0.579. The van der Waals surface area contributed by atoms with Crippen LogP contribution in [0.5, 0.6) is 0 Å². The maximum atomic E-state index is 11.3. The molecule has 0 atom stereocenters. The van der Waals surface area contributed by atoms with Gasteiger partial charge in [0.2, 0.25) is 0 Å². The Morgan fingerprint density at radius 3 is 3.06 bits per heavy atom. The van der Waals surface area contributed by atoms with Gasteiger partial charge in [0.05, 0.1) is 18.8 Å². The Labute approximate surface area is 102 Å². The minimum Gasteiger partial charge on any atom is -0.465 e. The fraction of sp³-hybridized carbons (Fsp3) is 0.538. The van der Waals surface area contributed by atoms with Gasteiger partial charge in [0.1, 0.15) is 0 Å². The van der Waals surface area contributed by atoms with Crippen LogP contribution < -0.4 is 5.32 Å². The van der Waals surface area contributed by atoms with Gasteiger partial charge in [-0.3, -0.25) is 9.78 Å². The molecule has 4 heteroatoms. The summed E-state index contributed by atoms with van der Waals surface area (Å²) in [6, 6.07) is 3.90. The zero-order valence-corrected chi connectivity index (χ0v) is 10.5. The molecule has 0 fully saturated rings. The van der Waals surface area contributed by atoms with E-state index >= 15 is 0 Å². The first-order valence-electron chi connectivity index (χ1n) is 6.01. The third-order valence-corrected chi connectivity index (χ3v) is 2.44. The van der Waals surface area contributed by atoms with Gasteiger partial charge < -0.3 is 10.1 Å². The lowest BCUT2D eigenvalue weighted by atomic mass is 10.2. The van der Waals surface area contributed by atoms with Crippen LogP contribution in [0, 0.1) is 6.92 Å². The number of hydrogen-bond acceptors (Lipinski definition) is 4. The van der Waals surface area contributed by atoms with E-state index in [4.69, 9.17) is 4.74 Å². The Balaban J connectivity index is 2.19. The van der Waals surface area contributed by atoms with E-state index < -0.39 is 0 Å². The summed E-state index contributed by atoms with van der Waals surface area (Å²) in [6.45, 7) is 5.41. The maximum Gasteiger partial charge on any atom is 0.319 e. The molecule has 0 aromatic carbocycles. The number of pyridine rings is 1. The van der Waals surface area contributed by atoms with Gasteiger partial charge in [-0.2, -0.15) is 0 Å². The lowest BCUT2D eigenvalue weighted by molar-refractivity contribution is -0.142. The minimum absolute atomic E-state index is 0.202. The first-order valence-corrected chi connectivity index (χ1v) is 6.01. The molecule has 17 heavy (non-hydrogen) atoms. The lowest BCUT2D eigenvalue weighted by Gasteiger charge is -2.07. The number of hydrogen-bond donors (Lipinski definition) is 1. The van der Waals surface area contributed by atoms with Crippen molar-refractivity contribution in [1.82, 2.24) is 10.3 Å². The number of carbonyl (C=O) groups is 1. The number of aromatic nitrogens is 1. The van der Waals surface area contributed by atoms with E-state index in [1.165, 1.54) is 0 Å². The summed E-state index contributed by atoms with van der Waals surface area (Å²) < 4.78 is 5.03. The number of nitrogens with one attached hydrogen (secondary N) is 1. The predicted octanol–water partition coefficient (Wildman–Crippen LogP) is 1.82. The zero-order chi connectivity index (χ0) is 12.5. The topological polar surface area (TPSA) is 51.2 Å². The first-order chi connectivity index (χ1) is 8.24. The Morgan fingerprint density at radius 1 is 1.53 bits per heavy atom. The van der Waals surface area contributed by atoms with E-state index in [1.807, 2.05) is 19.1 Å². The van der Waals surface area contributed by atoms with Gasteiger partial charge in [-0.25, -0.2) is 0 Å². The van der Waals surface area contributed by atoms with Crippen molar-refractivity contribution >= 4 is 5.97 Å². The van der Waals surface area contributed by atoms with Gasteiger partial charge in [-0.05, 0) is 25.0 Å². The highest BCUT2D eigenvalue weighted by Crippen LogP contribution is 2.01. The van der Waals surface area contributed by atoms with Crippen LogP contribution in [0.25, 0.3) is 0 Å². The molecule has 1 aromatic rings. The standard InChI is InChI=1S/C13H20N2O2/c1-3-4-8-17-13(16)10-14-9-12-11(2)6-5-7-15-12/h5-7,14H,3-4,8-10H2,1-2H3. The molecule has 94 valence electrons. The number of esters is 1. The molecule has 1 aromatic heterocycles. The van der Waals surface area contributed by atoms with E-state index in [-0.39, 0.29) is 12.5 Å². The highest BCUT2D eigenvalue weighted by Gasteiger charge is 2.03. The van der Waals surface area contributed by atoms with Crippen molar-refractivity contribution in [2.45, 2.75) is 33.2 Å². The number of rotatable bonds is 7. The number of nitrogens with zero attached hydrogens (tertiary/aromatic N) is 1. The summed E-state index contributed by atoms with van der Waals surface area (Å²) in [7, 11) is 0. The van der Waals surface area contributed by atoms with Gasteiger partial charge in [0, 0.05) is 12.7 Å². The molecule has 0 aliphatic carbocycles. The highest BCUT2D eigenvalue weighted by atomic mass is 16.5. The third kappa shape index (κ3) is 5.45. The Morgan fingerprint density at radius 2 is 2.35 bits per heavy atom. The van der Waals surface area contributed by atoms with Gasteiger partial charge >= 0.3 is 5.97 Å². The van der Waals surface area contributed by atoms with Crippen molar-refractivity contribution in [2.24, 2.45) is 0 Å². The number of aryl methyl sites for hydroxylation is 1. The first kappa shape index (κ1) is 13.6. The highest BCUT2D eigenvalue weighted by molar-refractivity contribution is 5.71. The largest absolute Gasteiger partial charge is 0.465 e. The Bertz CT molecular complexity index is 353. The van der Waals surface area contributed by atoms with Crippen LogP contribution in [0.15, 0.2) is 18.3 Å². The summed E-state index contributed by atoms with van der Waals surface area (Å²) in [4.78, 5) is 15.5. The van der Waals surface area contributed by atoms with Crippen molar-refractivity contribution in [3.63, 3.8) is 0 Å². The minimum atomic E-state index is -0.202. The van der Waals surface area contributed by atoms with Crippen LogP contribution in [0.2, 0.25) is 0 Å². The Kier molecular flexibility index (Phi) is 6.25. The van der Waals surface area contributed by atoms with Crippen molar-refractivity contribution in [1.29, 1.82) is 0 Å². The lowest BCUT2D eigenvalue weighted by Crippen LogP contribution is -2.25. The fourth-order valence-electron chi connectivity index (χ4n) is 1.37. The van der Waals surface area contributed by atoms with Crippen molar-refractivity contribution in [3.8, 4) is 0 Å². The predicted molar refractivity (Wildman–Crippen MR) is 66.5 cm³/mol. The second-order valence-corrected chi connectivity index (χ2v) is 3.94. The van der Waals surface area contributed by atoms with E-state index in [1.54, 1.807) is 6.20 Å². The molecule has 0 saturated heterocycles. The van der Waals surface area contributed by atoms with Crippen molar-refractivity contribution < 1.29 is 9.53 Å². The van der Waals surface area contributed by atoms with Crippen molar-refractivity contribution in [2.75, 3.05) is 13.2 Å². The number of unbranched alkanes of at least 4 members (excludes halogenated alkanes) is 1. The average Bonchev–Trinajstić information content (AvgIpc) is 2.32. The summed E-state index contributed by atoms with van der Waals surface area (Å²) in [6.07, 6.45) is 3.71. The molecule has 0 amide bonds. The SMILES string of the molecule is CCCCOC(=O)CNCc1ncccc1C. The van der Waals surface area contributed by atoms with Gasteiger partial charge in [0.25, 0.3) is 0 Å². The molecule has 1 rings (SSSR count). The zero-order valence-electron chi connectivity index (χ0n) is 10.5. The molecule has 1 N–H and O–H groups in total. The molecule has 0 spiro atoms.